The first-order valence-corrected chi connectivity index (χ1v) is 18.9. The number of H-pyrrole nitrogens is 2. The van der Waals surface area contributed by atoms with Crippen LogP contribution >= 0.6 is 0 Å². The van der Waals surface area contributed by atoms with Crippen LogP contribution in [-0.2, 0) is 0 Å². The first kappa shape index (κ1) is 36.0. The molecule has 0 bridgehead atoms. The quantitative estimate of drug-likeness (QED) is 0.199. The van der Waals surface area contributed by atoms with E-state index in [1.165, 1.54) is 0 Å². The summed E-state index contributed by atoms with van der Waals surface area (Å²) in [6, 6.07) is 15.9. The van der Waals surface area contributed by atoms with Gasteiger partial charge in [-0.1, -0.05) is 93.5 Å². The lowest BCUT2D eigenvalue weighted by atomic mass is 9.58. The molecule has 2 aromatic carbocycles. The van der Waals surface area contributed by atoms with E-state index in [9.17, 15) is 10.2 Å². The number of para-hydroxylation sites is 2. The van der Waals surface area contributed by atoms with Gasteiger partial charge in [0.1, 0.15) is 12.1 Å². The smallest absolute Gasteiger partial charge is 0.248 e. The van der Waals surface area contributed by atoms with Crippen LogP contribution in [0.2, 0.25) is 0 Å². The molecule has 0 radical (unpaired) electrons. The van der Waals surface area contributed by atoms with E-state index in [4.69, 9.17) is 10.2 Å². The summed E-state index contributed by atoms with van der Waals surface area (Å²) in [5.74, 6) is 0.879. The van der Waals surface area contributed by atoms with Crippen LogP contribution in [0, 0.1) is 45.3 Å². The Labute approximate surface area is 294 Å². The Kier molecular flexibility index (Phi) is 9.58. The number of fused-ring (bicyclic) bond motifs is 2. The van der Waals surface area contributed by atoms with Crippen molar-refractivity contribution in [3.63, 3.8) is 0 Å². The van der Waals surface area contributed by atoms with E-state index in [-0.39, 0.29) is 45.6 Å². The lowest BCUT2D eigenvalue weighted by Crippen LogP contribution is -2.50. The van der Waals surface area contributed by atoms with Gasteiger partial charge in [0.15, 0.2) is 11.0 Å². The second-order valence-corrected chi connectivity index (χ2v) is 19.8. The third kappa shape index (κ3) is 7.90. The highest BCUT2D eigenvalue weighted by atomic mass is 16.3. The summed E-state index contributed by atoms with van der Waals surface area (Å²) in [6.07, 6.45) is 5.48. The zero-order valence-electron chi connectivity index (χ0n) is 31.9. The van der Waals surface area contributed by atoms with Crippen molar-refractivity contribution >= 4 is 22.1 Å². The van der Waals surface area contributed by atoms with Crippen LogP contribution in [0.5, 0.6) is 0 Å². The first-order valence-electron chi connectivity index (χ1n) is 18.9. The van der Waals surface area contributed by atoms with Crippen LogP contribution in [0.25, 0.3) is 22.1 Å². The van der Waals surface area contributed by atoms with Crippen LogP contribution < -0.4 is 10.2 Å². The fraction of sp³-hybridized carbons (Fsp3) is 0.707. The minimum Gasteiger partial charge on any atom is -0.390 e. The molecule has 0 aliphatic heterocycles. The van der Waals surface area contributed by atoms with Gasteiger partial charge < -0.3 is 10.2 Å². The van der Waals surface area contributed by atoms with Gasteiger partial charge in [0.25, 0.3) is 0 Å². The number of hydrogen-bond donors (Lipinski definition) is 2. The van der Waals surface area contributed by atoms with Crippen molar-refractivity contribution in [2.45, 2.75) is 138 Å². The summed E-state index contributed by atoms with van der Waals surface area (Å²) in [4.78, 5) is 3.89. The van der Waals surface area contributed by atoms with E-state index >= 15 is 0 Å². The predicted molar refractivity (Wildman–Crippen MR) is 195 cm³/mol. The molecule has 2 fully saturated rings. The van der Waals surface area contributed by atoms with Gasteiger partial charge in [-0.25, -0.2) is 0 Å². The molecule has 4 N–H and O–H groups in total. The van der Waals surface area contributed by atoms with Crippen molar-refractivity contribution < 1.29 is 20.4 Å². The lowest BCUT2D eigenvalue weighted by molar-refractivity contribution is -0.483. The van der Waals surface area contributed by atoms with Gasteiger partial charge in [-0.3, -0.25) is 0 Å². The average Bonchev–Trinajstić information content (AvgIpc) is 3.61. The molecule has 8 heteroatoms. The van der Waals surface area contributed by atoms with Crippen molar-refractivity contribution in [2.75, 3.05) is 0 Å². The molecule has 2 aromatic heterocycles. The molecule has 2 heterocycles. The molecule has 8 unspecified atom stereocenters. The minimum absolute atomic E-state index is 0.0363. The molecule has 0 spiro atoms. The molecule has 4 aromatic rings. The second-order valence-electron chi connectivity index (χ2n) is 19.8. The van der Waals surface area contributed by atoms with E-state index in [2.05, 4.69) is 91.6 Å². The molecular formula is C41H64N6O2+2. The minimum atomic E-state index is -0.570. The molecule has 8 nitrogen and oxygen atoms in total. The highest BCUT2D eigenvalue weighted by Crippen LogP contribution is 2.54. The summed E-state index contributed by atoms with van der Waals surface area (Å²) in [7, 11) is 0. The molecule has 0 amide bonds. The molecule has 49 heavy (non-hydrogen) atoms. The molecule has 8 atom stereocenters. The molecule has 2 aliphatic carbocycles. The fourth-order valence-corrected chi connectivity index (χ4v) is 10.5. The average molecular weight is 673 g/mol. The van der Waals surface area contributed by atoms with Crippen LogP contribution in [0.3, 0.4) is 0 Å². The normalized spacial score (nSPS) is 29.1. The Morgan fingerprint density at radius 2 is 0.959 bits per heavy atom. The summed E-state index contributed by atoms with van der Waals surface area (Å²) in [5, 5.41) is 41.6. The maximum Gasteiger partial charge on any atom is 0.248 e. The standard InChI is InChI=1S/C41H62N6O2/c1-38(2,3)24-40(7,8)28-20-26(36(48)34(22-28)46-42-30-15-11-12-16-31(30)43-46)19-27-21-29(41(9,10)25-39(4,5)6)23-35(37(27)49)47-44-32-17-13-14-18-33(32)45-47/h11-18,26-29,34-37,48-49H,19-25H2,1-10H3/p+2. The molecule has 268 valence electrons. The van der Waals surface area contributed by atoms with Crippen LogP contribution in [0.15, 0.2) is 48.5 Å². The number of nitrogens with one attached hydrogen (secondary N) is 2. The molecule has 2 aliphatic rings. The van der Waals surface area contributed by atoms with Crippen molar-refractivity contribution in [1.82, 2.24) is 19.8 Å². The molecular weight excluding hydrogens is 608 g/mol. The first-order chi connectivity index (χ1) is 22.8. The number of aliphatic hydroxyl groups is 2. The number of benzene rings is 2. The molecule has 2 saturated carbocycles. The monoisotopic (exact) mass is 673 g/mol. The Bertz CT molecular complexity index is 1530. The number of aromatic amines is 2. The second kappa shape index (κ2) is 13.0. The largest absolute Gasteiger partial charge is 0.390 e. The van der Waals surface area contributed by atoms with Gasteiger partial charge in [0.2, 0.25) is 11.0 Å². The maximum atomic E-state index is 12.3. The maximum absolute atomic E-state index is 12.3. The summed E-state index contributed by atoms with van der Waals surface area (Å²) in [6.45, 7) is 23.7. The topological polar surface area (TPSA) is 104 Å². The van der Waals surface area contributed by atoms with Crippen LogP contribution in [0.4, 0.5) is 0 Å². The van der Waals surface area contributed by atoms with Gasteiger partial charge in [0, 0.05) is 10.2 Å². The number of aliphatic hydroxyl groups excluding tert-OH is 2. The van der Waals surface area contributed by atoms with Crippen LogP contribution in [-0.4, -0.2) is 42.2 Å². The van der Waals surface area contributed by atoms with Crippen molar-refractivity contribution in [3.05, 3.63) is 48.5 Å². The summed E-state index contributed by atoms with van der Waals surface area (Å²) < 4.78 is 0. The van der Waals surface area contributed by atoms with Gasteiger partial charge in [-0.15, -0.1) is 0 Å². The fourth-order valence-electron chi connectivity index (χ4n) is 10.5. The lowest BCUT2D eigenvalue weighted by Gasteiger charge is -2.49. The van der Waals surface area contributed by atoms with Gasteiger partial charge in [0.05, 0.1) is 12.2 Å². The van der Waals surface area contributed by atoms with Gasteiger partial charge in [-0.2, -0.15) is 10.2 Å². The van der Waals surface area contributed by atoms with Crippen molar-refractivity contribution in [3.8, 4) is 0 Å². The van der Waals surface area contributed by atoms with E-state index in [1.54, 1.807) is 0 Å². The number of nitrogens with zero attached hydrogens (tertiary/aromatic N) is 4. The Morgan fingerprint density at radius 3 is 1.31 bits per heavy atom. The zero-order chi connectivity index (χ0) is 35.5. The highest BCUT2D eigenvalue weighted by molar-refractivity contribution is 5.70. The van der Waals surface area contributed by atoms with Crippen molar-refractivity contribution in [2.24, 2.45) is 45.3 Å². The number of aromatic nitrogens is 6. The van der Waals surface area contributed by atoms with Crippen LogP contribution in [0.1, 0.15) is 126 Å². The molecule has 6 rings (SSSR count). The van der Waals surface area contributed by atoms with Gasteiger partial charge in [-0.05, 0) is 124 Å². The van der Waals surface area contributed by atoms with E-state index in [0.717, 1.165) is 67.0 Å². The summed E-state index contributed by atoms with van der Waals surface area (Å²) in [5.41, 5.74) is 4.35. The van der Waals surface area contributed by atoms with Gasteiger partial charge >= 0.3 is 0 Å². The Balaban J connectivity index is 1.35. The van der Waals surface area contributed by atoms with Crippen molar-refractivity contribution in [1.29, 1.82) is 0 Å². The summed E-state index contributed by atoms with van der Waals surface area (Å²) >= 11 is 0. The predicted octanol–water partition coefficient (Wildman–Crippen LogP) is 7.89. The third-order valence-corrected chi connectivity index (χ3v) is 12.1. The van der Waals surface area contributed by atoms with E-state index in [1.807, 2.05) is 46.0 Å². The number of rotatable bonds is 8. The highest BCUT2D eigenvalue weighted by Gasteiger charge is 2.51. The van der Waals surface area contributed by atoms with E-state index < -0.39 is 12.2 Å². The SMILES string of the molecule is CC(C)(C)CC(C)(C)C1CC(CC2CC(C(C)(C)CC(C)(C)C)CC(n3nc4ccccc4[nH+]3)C2O)C(O)C(n2nc3ccccc3[nH+]2)C1. The van der Waals surface area contributed by atoms with E-state index in [0.29, 0.717) is 11.8 Å². The Hall–Kier alpha value is -2.84. The Morgan fingerprint density at radius 1 is 0.592 bits per heavy atom. The molecule has 0 saturated heterocycles. The number of hydrogen-bond acceptors (Lipinski definition) is 4. The third-order valence-electron chi connectivity index (χ3n) is 12.1. The zero-order valence-corrected chi connectivity index (χ0v) is 31.9.